The summed E-state index contributed by atoms with van der Waals surface area (Å²) in [6, 6.07) is 59.9. The maximum absolute atomic E-state index is 3.91. The van der Waals surface area contributed by atoms with Crippen molar-refractivity contribution >= 4 is 67.2 Å². The van der Waals surface area contributed by atoms with Crippen molar-refractivity contribution in [1.82, 2.24) is 9.13 Å². The fourth-order valence-electron chi connectivity index (χ4n) is 8.63. The first-order valence-corrected chi connectivity index (χ1v) is 16.7. The minimum absolute atomic E-state index is 0.109. The van der Waals surface area contributed by atoms with Gasteiger partial charge in [0.15, 0.2) is 0 Å². The van der Waals surface area contributed by atoms with Gasteiger partial charge in [-0.1, -0.05) is 127 Å². The van der Waals surface area contributed by atoms with Crippen LogP contribution < -0.4 is 21.7 Å². The summed E-state index contributed by atoms with van der Waals surface area (Å²) in [6.07, 6.45) is 0. The van der Waals surface area contributed by atoms with Gasteiger partial charge in [-0.3, -0.25) is 0 Å². The number of anilines is 2. The van der Waals surface area contributed by atoms with Crippen LogP contribution in [0.3, 0.4) is 0 Å². The molecule has 4 heterocycles. The van der Waals surface area contributed by atoms with Crippen LogP contribution in [0.15, 0.2) is 164 Å². The van der Waals surface area contributed by atoms with E-state index in [2.05, 4.69) is 178 Å². The minimum atomic E-state index is 0.109. The first-order chi connectivity index (χ1) is 23.8. The second kappa shape index (κ2) is 9.63. The number of rotatable bonds is 3. The molecule has 2 aliphatic heterocycles. The zero-order valence-corrected chi connectivity index (χ0v) is 26.1. The van der Waals surface area contributed by atoms with Gasteiger partial charge in [-0.15, -0.1) is 0 Å². The Bertz CT molecular complexity index is 2700. The van der Waals surface area contributed by atoms with Gasteiger partial charge in [0.1, 0.15) is 0 Å². The van der Waals surface area contributed by atoms with Crippen molar-refractivity contribution in [3.8, 4) is 33.8 Å². The largest absolute Gasteiger partial charge is 0.356 e. The first-order valence-electron chi connectivity index (χ1n) is 16.7. The SMILES string of the molecule is c1ccc(-c2c(-c3ccccc3)n3c4c(cccc24)B2c4ccc(-n5c6ccccc6c6ccccc65)cc4Nc4cccc-3c42)cc1. The molecule has 0 fully saturated rings. The normalized spacial score (nSPS) is 12.7. The van der Waals surface area contributed by atoms with E-state index in [0.717, 1.165) is 11.4 Å². The van der Waals surface area contributed by atoms with E-state index < -0.39 is 0 Å². The number of aromatic nitrogens is 2. The van der Waals surface area contributed by atoms with Crippen molar-refractivity contribution < 1.29 is 0 Å². The van der Waals surface area contributed by atoms with Crippen molar-refractivity contribution in [2.75, 3.05) is 5.32 Å². The first kappa shape index (κ1) is 25.9. The lowest BCUT2D eigenvalue weighted by molar-refractivity contribution is 1.14. The highest BCUT2D eigenvalue weighted by Gasteiger charge is 2.40. The van der Waals surface area contributed by atoms with Gasteiger partial charge < -0.3 is 14.5 Å². The van der Waals surface area contributed by atoms with Crippen molar-refractivity contribution in [3.63, 3.8) is 0 Å². The van der Waals surface area contributed by atoms with E-state index in [9.17, 15) is 0 Å². The van der Waals surface area contributed by atoms with Crippen molar-refractivity contribution in [3.05, 3.63) is 164 Å². The number of benzene rings is 7. The Morgan fingerprint density at radius 2 is 1.10 bits per heavy atom. The van der Waals surface area contributed by atoms with Gasteiger partial charge in [0, 0.05) is 50.0 Å². The predicted molar refractivity (Wildman–Crippen MR) is 203 cm³/mol. The molecular formula is C44H28BN3. The lowest BCUT2D eigenvalue weighted by Crippen LogP contribution is -2.59. The Kier molecular flexibility index (Phi) is 5.19. The van der Waals surface area contributed by atoms with E-state index in [-0.39, 0.29) is 6.71 Å². The van der Waals surface area contributed by atoms with Crippen molar-refractivity contribution in [2.45, 2.75) is 0 Å². The molecule has 11 rings (SSSR count). The molecule has 0 spiro atoms. The second-order valence-electron chi connectivity index (χ2n) is 13.0. The molecule has 7 aromatic carbocycles. The number of nitrogens with one attached hydrogen (secondary N) is 1. The van der Waals surface area contributed by atoms with Crippen LogP contribution in [0.5, 0.6) is 0 Å². The molecule has 0 amide bonds. The average molecular weight is 610 g/mol. The number of fused-ring (bicyclic) bond motifs is 7. The number of nitrogens with zero attached hydrogens (tertiary/aromatic N) is 2. The Morgan fingerprint density at radius 3 is 1.85 bits per heavy atom. The summed E-state index contributed by atoms with van der Waals surface area (Å²) < 4.78 is 4.94. The summed E-state index contributed by atoms with van der Waals surface area (Å²) in [5.74, 6) is 0. The van der Waals surface area contributed by atoms with Crippen LogP contribution in [0.2, 0.25) is 0 Å². The molecule has 0 bridgehead atoms. The number of hydrogen-bond donors (Lipinski definition) is 1. The summed E-state index contributed by atoms with van der Waals surface area (Å²) in [4.78, 5) is 0. The molecule has 0 radical (unpaired) electrons. The van der Waals surface area contributed by atoms with Crippen LogP contribution in [0.1, 0.15) is 0 Å². The van der Waals surface area contributed by atoms with Gasteiger partial charge in [0.25, 0.3) is 6.71 Å². The monoisotopic (exact) mass is 609 g/mol. The second-order valence-corrected chi connectivity index (χ2v) is 13.0. The third-order valence-corrected chi connectivity index (χ3v) is 10.5. The maximum Gasteiger partial charge on any atom is 0.252 e. The van der Waals surface area contributed by atoms with Gasteiger partial charge in [-0.2, -0.15) is 0 Å². The molecule has 1 N–H and O–H groups in total. The van der Waals surface area contributed by atoms with Crippen LogP contribution in [0, 0.1) is 0 Å². The summed E-state index contributed by atoms with van der Waals surface area (Å²) in [5.41, 5.74) is 17.4. The van der Waals surface area contributed by atoms with Crippen molar-refractivity contribution in [1.29, 1.82) is 0 Å². The number of hydrogen-bond acceptors (Lipinski definition) is 1. The zero-order valence-electron chi connectivity index (χ0n) is 26.1. The summed E-state index contributed by atoms with van der Waals surface area (Å²) in [5, 5.41) is 7.75. The van der Waals surface area contributed by atoms with E-state index in [0.29, 0.717) is 0 Å². The highest BCUT2D eigenvalue weighted by Crippen LogP contribution is 2.44. The lowest BCUT2D eigenvalue weighted by Gasteiger charge is -2.34. The van der Waals surface area contributed by atoms with Crippen LogP contribution in [-0.2, 0) is 0 Å². The average Bonchev–Trinajstić information content (AvgIpc) is 3.68. The fourth-order valence-corrected chi connectivity index (χ4v) is 8.63. The zero-order chi connectivity index (χ0) is 31.3. The predicted octanol–water partition coefficient (Wildman–Crippen LogP) is 8.95. The Hall–Kier alpha value is -6.26. The molecule has 222 valence electrons. The van der Waals surface area contributed by atoms with E-state index >= 15 is 0 Å². The Balaban J connectivity index is 1.20. The third-order valence-electron chi connectivity index (χ3n) is 10.5. The Labute approximate surface area is 278 Å². The summed E-state index contributed by atoms with van der Waals surface area (Å²) in [6.45, 7) is 0.109. The van der Waals surface area contributed by atoms with Gasteiger partial charge >= 0.3 is 0 Å². The summed E-state index contributed by atoms with van der Waals surface area (Å²) >= 11 is 0. The molecule has 9 aromatic rings. The van der Waals surface area contributed by atoms with Crippen LogP contribution in [0.25, 0.3) is 66.5 Å². The quantitative estimate of drug-likeness (QED) is 0.199. The van der Waals surface area contributed by atoms with Crippen molar-refractivity contribution in [2.24, 2.45) is 0 Å². The molecule has 4 heteroatoms. The number of para-hydroxylation sites is 3. The Morgan fingerprint density at radius 1 is 0.458 bits per heavy atom. The molecule has 0 saturated heterocycles. The maximum atomic E-state index is 3.91. The van der Waals surface area contributed by atoms with Gasteiger partial charge in [0.2, 0.25) is 0 Å². The molecular weight excluding hydrogens is 581 g/mol. The van der Waals surface area contributed by atoms with E-state index in [4.69, 9.17) is 0 Å². The summed E-state index contributed by atoms with van der Waals surface area (Å²) in [7, 11) is 0. The van der Waals surface area contributed by atoms with Gasteiger partial charge in [0.05, 0.1) is 16.7 Å². The third kappa shape index (κ3) is 3.39. The molecule has 2 aliphatic rings. The smallest absolute Gasteiger partial charge is 0.252 e. The molecule has 3 nitrogen and oxygen atoms in total. The lowest BCUT2D eigenvalue weighted by atomic mass is 9.34. The van der Waals surface area contributed by atoms with E-state index in [1.807, 2.05) is 0 Å². The molecule has 2 aromatic heterocycles. The van der Waals surface area contributed by atoms with Gasteiger partial charge in [-0.05, 0) is 63.9 Å². The minimum Gasteiger partial charge on any atom is -0.356 e. The fraction of sp³-hybridized carbons (Fsp3) is 0. The topological polar surface area (TPSA) is 21.9 Å². The van der Waals surface area contributed by atoms with E-state index in [1.165, 1.54) is 82.9 Å². The molecule has 0 aliphatic carbocycles. The standard InChI is InChI=1S/C44H28BN3/c1-3-13-28(14-4-1)41-33-19-11-20-35-44(33)48(43(41)29-15-5-2-6-16-29)40-24-12-21-36-42(40)45(35)34-26-25-30(27-37(34)46-36)47-38-22-9-7-17-31(38)32-18-8-10-23-39(32)47/h1-27,46H. The molecule has 0 unspecified atom stereocenters. The molecule has 0 atom stereocenters. The van der Waals surface area contributed by atoms with Crippen LogP contribution in [0.4, 0.5) is 11.4 Å². The highest BCUT2D eigenvalue weighted by molar-refractivity contribution is 7.00. The van der Waals surface area contributed by atoms with E-state index in [1.54, 1.807) is 0 Å². The molecule has 48 heavy (non-hydrogen) atoms. The van der Waals surface area contributed by atoms with Crippen LogP contribution in [-0.4, -0.2) is 15.8 Å². The van der Waals surface area contributed by atoms with Crippen LogP contribution >= 0.6 is 0 Å². The highest BCUT2D eigenvalue weighted by atomic mass is 15.0. The molecule has 0 saturated carbocycles. The van der Waals surface area contributed by atoms with Gasteiger partial charge in [-0.25, -0.2) is 0 Å².